The summed E-state index contributed by atoms with van der Waals surface area (Å²) in [5.41, 5.74) is 0.531. The summed E-state index contributed by atoms with van der Waals surface area (Å²) in [6.45, 7) is 3.32. The zero-order chi connectivity index (χ0) is 23.0. The van der Waals surface area contributed by atoms with E-state index >= 15 is 0 Å². The van der Waals surface area contributed by atoms with E-state index in [0.29, 0.717) is 47.7 Å². The summed E-state index contributed by atoms with van der Waals surface area (Å²) < 4.78 is 20.1. The van der Waals surface area contributed by atoms with Crippen molar-refractivity contribution in [3.05, 3.63) is 53.1 Å². The van der Waals surface area contributed by atoms with Crippen LogP contribution in [0.2, 0.25) is 5.02 Å². The minimum atomic E-state index is -1.01. The second-order valence-corrected chi connectivity index (χ2v) is 8.37. The van der Waals surface area contributed by atoms with E-state index in [1.165, 1.54) is 24.4 Å². The van der Waals surface area contributed by atoms with Gasteiger partial charge in [-0.2, -0.15) is 0 Å². The van der Waals surface area contributed by atoms with E-state index in [1.807, 2.05) is 20.0 Å². The Kier molecular flexibility index (Phi) is 5.79. The van der Waals surface area contributed by atoms with Crippen LogP contribution in [0.5, 0.6) is 5.75 Å². The van der Waals surface area contributed by atoms with Gasteiger partial charge in [0.05, 0.1) is 28.9 Å². The number of rotatable bonds is 4. The molecule has 2 heterocycles. The van der Waals surface area contributed by atoms with E-state index in [2.05, 4.69) is 20.2 Å². The number of carbonyl (C=O) groups is 1. The van der Waals surface area contributed by atoms with Crippen LogP contribution in [0.1, 0.15) is 12.5 Å². The zero-order valence-corrected chi connectivity index (χ0v) is 18.6. The molecule has 1 atom stereocenters. The van der Waals surface area contributed by atoms with E-state index in [4.69, 9.17) is 16.3 Å². The molecule has 2 aromatic carbocycles. The van der Waals surface area contributed by atoms with Crippen molar-refractivity contribution in [1.29, 1.82) is 0 Å². The molecular formula is C22H23ClFN5O3. The number of likely N-dealkylation sites (N-methyl/N-ethyl adjacent to an activating group) is 1. The van der Waals surface area contributed by atoms with Crippen molar-refractivity contribution in [3.8, 4) is 5.75 Å². The molecule has 32 heavy (non-hydrogen) atoms. The van der Waals surface area contributed by atoms with Crippen LogP contribution < -0.4 is 10.1 Å². The number of piperazine rings is 1. The normalized spacial score (nSPS) is 19.2. The second-order valence-electron chi connectivity index (χ2n) is 7.96. The molecule has 0 aliphatic carbocycles. The fourth-order valence-electron chi connectivity index (χ4n) is 4.25. The molecular weight excluding hydrogens is 437 g/mol. The monoisotopic (exact) mass is 459 g/mol. The van der Waals surface area contributed by atoms with E-state index in [9.17, 15) is 14.3 Å². The molecule has 0 radical (unpaired) electrons. The third-order valence-electron chi connectivity index (χ3n) is 5.85. The van der Waals surface area contributed by atoms with Crippen molar-refractivity contribution in [2.75, 3.05) is 39.1 Å². The maximum atomic E-state index is 14.5. The molecule has 0 bridgehead atoms. The number of benzene rings is 2. The number of anilines is 2. The molecule has 1 aromatic heterocycles. The molecule has 1 fully saturated rings. The van der Waals surface area contributed by atoms with Crippen LogP contribution in [0.15, 0.2) is 36.7 Å². The fraction of sp³-hybridized carbons (Fsp3) is 0.318. The molecule has 4 rings (SSSR count). The van der Waals surface area contributed by atoms with Gasteiger partial charge in [-0.25, -0.2) is 19.2 Å². The molecule has 0 spiro atoms. The predicted molar refractivity (Wildman–Crippen MR) is 120 cm³/mol. The Labute approximate surface area is 189 Å². The number of nitrogens with one attached hydrogen (secondary N) is 1. The number of amides is 1. The Morgan fingerprint density at radius 2 is 2.09 bits per heavy atom. The molecule has 1 saturated heterocycles. The first-order valence-electron chi connectivity index (χ1n) is 9.98. The number of aromatic nitrogens is 2. The molecule has 168 valence electrons. The number of nitrogens with zero attached hydrogens (tertiary/aromatic N) is 4. The van der Waals surface area contributed by atoms with E-state index in [-0.39, 0.29) is 10.7 Å². The average molecular weight is 460 g/mol. The first-order valence-corrected chi connectivity index (χ1v) is 10.4. The largest absolute Gasteiger partial charge is 0.496 e. The SMILES string of the molecule is COc1cc2ncnc(Nc3cccc(Cl)c3F)c2cc1[C@]1(C)CN(C)CCN1C(=O)O. The number of carboxylic acid groups (broad SMARTS) is 1. The number of hydrogen-bond acceptors (Lipinski definition) is 6. The number of halogens is 2. The lowest BCUT2D eigenvalue weighted by Crippen LogP contribution is -2.59. The van der Waals surface area contributed by atoms with Crippen molar-refractivity contribution in [3.63, 3.8) is 0 Å². The second kappa shape index (κ2) is 8.40. The Hall–Kier alpha value is -3.17. The minimum Gasteiger partial charge on any atom is -0.496 e. The van der Waals surface area contributed by atoms with Crippen molar-refractivity contribution >= 4 is 40.1 Å². The van der Waals surface area contributed by atoms with E-state index in [1.54, 1.807) is 18.2 Å². The Morgan fingerprint density at radius 3 is 2.81 bits per heavy atom. The molecule has 0 unspecified atom stereocenters. The summed E-state index contributed by atoms with van der Waals surface area (Å²) in [6, 6.07) is 8.21. The Bertz CT molecular complexity index is 1190. The molecule has 1 aliphatic rings. The quantitative estimate of drug-likeness (QED) is 0.600. The van der Waals surface area contributed by atoms with Gasteiger partial charge in [-0.1, -0.05) is 17.7 Å². The summed E-state index contributed by atoms with van der Waals surface area (Å²) in [5.74, 6) is 0.294. The maximum absolute atomic E-state index is 14.5. The Balaban J connectivity index is 1.89. The molecule has 1 amide bonds. The van der Waals surface area contributed by atoms with Gasteiger partial charge in [0.2, 0.25) is 0 Å². The summed E-state index contributed by atoms with van der Waals surface area (Å²) in [5, 5.41) is 13.5. The van der Waals surface area contributed by atoms with Crippen LogP contribution in [0, 0.1) is 5.82 Å². The van der Waals surface area contributed by atoms with Crippen molar-refractivity contribution < 1.29 is 19.0 Å². The van der Waals surface area contributed by atoms with Gasteiger partial charge < -0.3 is 20.1 Å². The van der Waals surface area contributed by atoms with Crippen LogP contribution in [-0.4, -0.2) is 64.8 Å². The molecule has 8 nitrogen and oxygen atoms in total. The number of fused-ring (bicyclic) bond motifs is 1. The van der Waals surface area contributed by atoms with Crippen molar-refractivity contribution in [2.24, 2.45) is 0 Å². The zero-order valence-electron chi connectivity index (χ0n) is 17.9. The van der Waals surface area contributed by atoms with Gasteiger partial charge >= 0.3 is 6.09 Å². The summed E-state index contributed by atoms with van der Waals surface area (Å²) in [7, 11) is 3.48. The van der Waals surface area contributed by atoms with Crippen LogP contribution >= 0.6 is 11.6 Å². The summed E-state index contributed by atoms with van der Waals surface area (Å²) in [4.78, 5) is 24.2. The summed E-state index contributed by atoms with van der Waals surface area (Å²) >= 11 is 5.91. The fourth-order valence-corrected chi connectivity index (χ4v) is 4.42. The third-order valence-corrected chi connectivity index (χ3v) is 6.14. The first-order chi connectivity index (χ1) is 15.2. The van der Waals surface area contributed by atoms with Gasteiger partial charge in [-0.3, -0.25) is 4.90 Å². The van der Waals surface area contributed by atoms with Gasteiger partial charge in [0.25, 0.3) is 0 Å². The molecule has 3 aromatic rings. The van der Waals surface area contributed by atoms with Crippen molar-refractivity contribution in [1.82, 2.24) is 19.8 Å². The third kappa shape index (κ3) is 3.78. The average Bonchev–Trinajstić information content (AvgIpc) is 2.75. The van der Waals surface area contributed by atoms with Gasteiger partial charge in [-0.15, -0.1) is 0 Å². The number of hydrogen-bond donors (Lipinski definition) is 2. The van der Waals surface area contributed by atoms with E-state index in [0.717, 1.165) is 0 Å². The highest BCUT2D eigenvalue weighted by atomic mass is 35.5. The predicted octanol–water partition coefficient (Wildman–Crippen LogP) is 4.32. The smallest absolute Gasteiger partial charge is 0.408 e. The molecule has 0 saturated carbocycles. The van der Waals surface area contributed by atoms with Crippen LogP contribution in [-0.2, 0) is 5.54 Å². The van der Waals surface area contributed by atoms with Crippen LogP contribution in [0.3, 0.4) is 0 Å². The highest BCUT2D eigenvalue weighted by Crippen LogP contribution is 2.41. The number of methoxy groups -OCH3 is 1. The van der Waals surface area contributed by atoms with Gasteiger partial charge in [0, 0.05) is 36.7 Å². The lowest BCUT2D eigenvalue weighted by Gasteiger charge is -2.47. The van der Waals surface area contributed by atoms with Crippen molar-refractivity contribution in [2.45, 2.75) is 12.5 Å². The summed E-state index contributed by atoms with van der Waals surface area (Å²) in [6.07, 6.45) is 0.359. The maximum Gasteiger partial charge on any atom is 0.408 e. The molecule has 10 heteroatoms. The van der Waals surface area contributed by atoms with Gasteiger partial charge in [-0.05, 0) is 32.2 Å². The molecule has 2 N–H and O–H groups in total. The molecule has 1 aliphatic heterocycles. The highest BCUT2D eigenvalue weighted by Gasteiger charge is 2.43. The number of ether oxygens (including phenoxy) is 1. The highest BCUT2D eigenvalue weighted by molar-refractivity contribution is 6.31. The van der Waals surface area contributed by atoms with Gasteiger partial charge in [0.1, 0.15) is 17.9 Å². The first kappa shape index (κ1) is 22.0. The van der Waals surface area contributed by atoms with E-state index < -0.39 is 17.4 Å². The topological polar surface area (TPSA) is 90.8 Å². The van der Waals surface area contributed by atoms with Crippen LogP contribution in [0.25, 0.3) is 10.9 Å². The van der Waals surface area contributed by atoms with Crippen LogP contribution in [0.4, 0.5) is 20.7 Å². The standard InChI is InChI=1S/C22H23ClFN5O3/c1-22(11-28(2)7-8-29(22)21(30)31)14-9-13-17(10-18(14)32-3)25-12-26-20(13)27-16-6-4-5-15(23)19(16)24/h4-6,9-10,12H,7-8,11H2,1-3H3,(H,30,31)(H,25,26,27)/t22-/m0/s1. The lowest BCUT2D eigenvalue weighted by molar-refractivity contribution is 0.0220. The Morgan fingerprint density at radius 1 is 1.31 bits per heavy atom. The van der Waals surface area contributed by atoms with Gasteiger partial charge in [0.15, 0.2) is 5.82 Å². The lowest BCUT2D eigenvalue weighted by atomic mass is 9.86. The minimum absolute atomic E-state index is 0.00873.